The molecule has 0 heterocycles. The Morgan fingerprint density at radius 1 is 1.15 bits per heavy atom. The zero-order chi connectivity index (χ0) is 15.1. The minimum atomic E-state index is 0.502. The number of hydrogen-bond donors (Lipinski definition) is 1. The molecule has 0 unspecified atom stereocenters. The first-order valence-electron chi connectivity index (χ1n) is 8.72. The molecule has 0 bridgehead atoms. The van der Waals surface area contributed by atoms with Gasteiger partial charge >= 0.3 is 0 Å². The summed E-state index contributed by atoms with van der Waals surface area (Å²) in [6.07, 6.45) is 8.61. The van der Waals surface area contributed by atoms with Crippen molar-refractivity contribution >= 4 is 11.8 Å². The molecular weight excluding hydrogens is 262 g/mol. The van der Waals surface area contributed by atoms with E-state index in [4.69, 9.17) is 0 Å². The Kier molecular flexibility index (Phi) is 7.97. The normalized spacial score (nSPS) is 27.8. The van der Waals surface area contributed by atoms with Gasteiger partial charge in [-0.15, -0.1) is 0 Å². The average Bonchev–Trinajstić information content (AvgIpc) is 2.41. The van der Waals surface area contributed by atoms with Crippen LogP contribution >= 0.6 is 11.8 Å². The van der Waals surface area contributed by atoms with Crippen LogP contribution in [0.2, 0.25) is 0 Å². The van der Waals surface area contributed by atoms with Gasteiger partial charge in [0.2, 0.25) is 0 Å². The van der Waals surface area contributed by atoms with Crippen LogP contribution in [0.1, 0.15) is 73.1 Å². The van der Waals surface area contributed by atoms with Crippen molar-refractivity contribution in [3.8, 4) is 0 Å². The summed E-state index contributed by atoms with van der Waals surface area (Å²) in [7, 11) is 0. The first kappa shape index (κ1) is 18.4. The van der Waals surface area contributed by atoms with Crippen LogP contribution in [0.25, 0.3) is 0 Å². The predicted octanol–water partition coefficient (Wildman–Crippen LogP) is 5.35. The molecule has 0 aliphatic heterocycles. The second-order valence-electron chi connectivity index (χ2n) is 7.72. The molecule has 0 saturated heterocycles. The average molecular weight is 300 g/mol. The molecular formula is C18H37NS. The van der Waals surface area contributed by atoms with Crippen molar-refractivity contribution < 1.29 is 0 Å². The van der Waals surface area contributed by atoms with Crippen LogP contribution in [0.4, 0.5) is 0 Å². The molecule has 1 N–H and O–H groups in total. The van der Waals surface area contributed by atoms with Gasteiger partial charge < -0.3 is 5.32 Å². The van der Waals surface area contributed by atoms with Crippen LogP contribution in [0.5, 0.6) is 0 Å². The molecule has 120 valence electrons. The van der Waals surface area contributed by atoms with E-state index in [2.05, 4.69) is 51.7 Å². The van der Waals surface area contributed by atoms with Gasteiger partial charge in [-0.1, -0.05) is 34.6 Å². The molecule has 2 heteroatoms. The molecule has 0 aromatic carbocycles. The summed E-state index contributed by atoms with van der Waals surface area (Å²) in [4.78, 5) is 0. The highest BCUT2D eigenvalue weighted by atomic mass is 32.2. The van der Waals surface area contributed by atoms with Crippen molar-refractivity contribution in [3.05, 3.63) is 0 Å². The van der Waals surface area contributed by atoms with E-state index >= 15 is 0 Å². The zero-order valence-corrected chi connectivity index (χ0v) is 15.4. The van der Waals surface area contributed by atoms with Gasteiger partial charge in [-0.05, 0) is 73.3 Å². The Labute approximate surface area is 132 Å². The van der Waals surface area contributed by atoms with Gasteiger partial charge in [0.25, 0.3) is 0 Å². The maximum atomic E-state index is 3.65. The number of thioether (sulfide) groups is 1. The molecule has 0 aromatic heterocycles. The topological polar surface area (TPSA) is 12.0 Å². The minimum Gasteiger partial charge on any atom is -0.316 e. The largest absolute Gasteiger partial charge is 0.316 e. The van der Waals surface area contributed by atoms with Gasteiger partial charge in [0.05, 0.1) is 0 Å². The molecule has 0 spiro atoms. The van der Waals surface area contributed by atoms with E-state index in [1.54, 1.807) is 0 Å². The Bertz CT molecular complexity index is 249. The van der Waals surface area contributed by atoms with Gasteiger partial charge in [-0.25, -0.2) is 0 Å². The van der Waals surface area contributed by atoms with E-state index in [-0.39, 0.29) is 0 Å². The Morgan fingerprint density at radius 2 is 1.80 bits per heavy atom. The van der Waals surface area contributed by atoms with Crippen LogP contribution in [0.15, 0.2) is 0 Å². The molecule has 1 saturated carbocycles. The van der Waals surface area contributed by atoms with Crippen molar-refractivity contribution in [3.63, 3.8) is 0 Å². The highest BCUT2D eigenvalue weighted by Gasteiger charge is 2.37. The van der Waals surface area contributed by atoms with Gasteiger partial charge in [-0.2, -0.15) is 11.8 Å². The standard InChI is InChI=1S/C18H37NS/c1-6-19-15-18(11-8-14-20-7-2)12-9-16(10-13-18)17(3,4)5/h16,19H,6-15H2,1-5H3. The SMILES string of the molecule is CCNCC1(CCCSCC)CCC(C(C)(C)C)CC1. The fourth-order valence-electron chi connectivity index (χ4n) is 3.70. The molecule has 20 heavy (non-hydrogen) atoms. The molecule has 0 amide bonds. The molecule has 1 rings (SSSR count). The second kappa shape index (κ2) is 8.68. The smallest absolute Gasteiger partial charge is 0.000770 e. The molecule has 0 aromatic rings. The summed E-state index contributed by atoms with van der Waals surface area (Å²) in [5.74, 6) is 3.56. The van der Waals surface area contributed by atoms with E-state index in [1.165, 1.54) is 56.6 Å². The predicted molar refractivity (Wildman–Crippen MR) is 94.6 cm³/mol. The van der Waals surface area contributed by atoms with Crippen LogP contribution in [0.3, 0.4) is 0 Å². The maximum absolute atomic E-state index is 3.65. The molecule has 1 fully saturated rings. The van der Waals surface area contributed by atoms with E-state index in [0.29, 0.717) is 10.8 Å². The van der Waals surface area contributed by atoms with E-state index in [9.17, 15) is 0 Å². The molecule has 0 atom stereocenters. The van der Waals surface area contributed by atoms with Crippen LogP contribution in [-0.2, 0) is 0 Å². The van der Waals surface area contributed by atoms with Crippen molar-refractivity contribution in [1.29, 1.82) is 0 Å². The highest BCUT2D eigenvalue weighted by Crippen LogP contribution is 2.47. The summed E-state index contributed by atoms with van der Waals surface area (Å²) >= 11 is 2.10. The van der Waals surface area contributed by atoms with Crippen molar-refractivity contribution in [2.45, 2.75) is 73.1 Å². The summed E-state index contributed by atoms with van der Waals surface area (Å²) in [5, 5.41) is 3.65. The lowest BCUT2D eigenvalue weighted by molar-refractivity contribution is 0.0797. The third-order valence-corrected chi connectivity index (χ3v) is 6.21. The Morgan fingerprint density at radius 3 is 2.30 bits per heavy atom. The summed E-state index contributed by atoms with van der Waals surface area (Å²) in [6.45, 7) is 14.1. The quantitative estimate of drug-likeness (QED) is 0.606. The van der Waals surface area contributed by atoms with Crippen molar-refractivity contribution in [1.82, 2.24) is 5.32 Å². The fourth-order valence-corrected chi connectivity index (χ4v) is 4.33. The van der Waals surface area contributed by atoms with Crippen LogP contribution in [-0.4, -0.2) is 24.6 Å². The summed E-state index contributed by atoms with van der Waals surface area (Å²) < 4.78 is 0. The van der Waals surface area contributed by atoms with Gasteiger partial charge in [-0.3, -0.25) is 0 Å². The second-order valence-corrected chi connectivity index (χ2v) is 9.11. The third kappa shape index (κ3) is 5.97. The summed E-state index contributed by atoms with van der Waals surface area (Å²) in [5.41, 5.74) is 1.11. The lowest BCUT2D eigenvalue weighted by Crippen LogP contribution is -2.39. The monoisotopic (exact) mass is 299 g/mol. The van der Waals surface area contributed by atoms with E-state index in [0.717, 1.165) is 12.5 Å². The van der Waals surface area contributed by atoms with Gasteiger partial charge in [0.1, 0.15) is 0 Å². The zero-order valence-electron chi connectivity index (χ0n) is 14.6. The first-order valence-corrected chi connectivity index (χ1v) is 9.87. The van der Waals surface area contributed by atoms with E-state index < -0.39 is 0 Å². The molecule has 0 radical (unpaired) electrons. The number of nitrogens with one attached hydrogen (secondary N) is 1. The van der Waals surface area contributed by atoms with Crippen LogP contribution in [0, 0.1) is 16.7 Å². The lowest BCUT2D eigenvalue weighted by Gasteiger charge is -2.44. The van der Waals surface area contributed by atoms with Crippen molar-refractivity contribution in [2.75, 3.05) is 24.6 Å². The highest BCUT2D eigenvalue weighted by molar-refractivity contribution is 7.99. The Balaban J connectivity index is 2.49. The molecule has 1 aliphatic carbocycles. The van der Waals surface area contributed by atoms with Crippen LogP contribution < -0.4 is 5.32 Å². The van der Waals surface area contributed by atoms with Crippen molar-refractivity contribution in [2.24, 2.45) is 16.7 Å². The molecule has 1 nitrogen and oxygen atoms in total. The fraction of sp³-hybridized carbons (Fsp3) is 1.00. The van der Waals surface area contributed by atoms with Gasteiger partial charge in [0, 0.05) is 6.54 Å². The maximum Gasteiger partial charge on any atom is 0.000770 e. The summed E-state index contributed by atoms with van der Waals surface area (Å²) in [6, 6.07) is 0. The van der Waals surface area contributed by atoms with Gasteiger partial charge in [0.15, 0.2) is 0 Å². The number of hydrogen-bond acceptors (Lipinski definition) is 2. The van der Waals surface area contributed by atoms with E-state index in [1.807, 2.05) is 0 Å². The third-order valence-electron chi connectivity index (χ3n) is 5.22. The first-order chi connectivity index (χ1) is 9.43. The Hall–Kier alpha value is 0.310. The number of rotatable bonds is 8. The lowest BCUT2D eigenvalue weighted by atomic mass is 9.62. The molecule has 1 aliphatic rings. The minimum absolute atomic E-state index is 0.502.